The minimum absolute atomic E-state index is 0.542. The molecular formula is C11H17N3O. The molecule has 0 fully saturated rings. The zero-order valence-corrected chi connectivity index (χ0v) is 9.06. The van der Waals surface area contributed by atoms with E-state index in [2.05, 4.69) is 16.9 Å². The summed E-state index contributed by atoms with van der Waals surface area (Å²) in [4.78, 5) is 10.3. The molecular weight excluding hydrogens is 190 g/mol. The van der Waals surface area contributed by atoms with Crippen LogP contribution in [0, 0.1) is 0 Å². The van der Waals surface area contributed by atoms with Crippen LogP contribution < -0.4 is 0 Å². The molecule has 1 atom stereocenters. The van der Waals surface area contributed by atoms with Gasteiger partial charge in [0.15, 0.2) is 5.72 Å². The van der Waals surface area contributed by atoms with Gasteiger partial charge in [-0.05, 0) is 18.9 Å². The molecule has 0 saturated carbocycles. The van der Waals surface area contributed by atoms with Crippen LogP contribution in [-0.2, 0) is 0 Å². The maximum absolute atomic E-state index is 10.2. The zero-order valence-electron chi connectivity index (χ0n) is 9.06. The van der Waals surface area contributed by atoms with Crippen molar-refractivity contribution in [2.24, 2.45) is 9.98 Å². The van der Waals surface area contributed by atoms with Gasteiger partial charge in [-0.3, -0.25) is 0 Å². The van der Waals surface area contributed by atoms with Gasteiger partial charge in [0, 0.05) is 12.4 Å². The Kier molecular flexibility index (Phi) is 2.86. The average molecular weight is 207 g/mol. The molecule has 2 aliphatic rings. The second-order valence-electron chi connectivity index (χ2n) is 4.10. The first-order valence-corrected chi connectivity index (χ1v) is 5.53. The Hall–Kier alpha value is -1.16. The third kappa shape index (κ3) is 2.26. The molecule has 1 unspecified atom stereocenters. The fourth-order valence-corrected chi connectivity index (χ4v) is 1.90. The van der Waals surface area contributed by atoms with Gasteiger partial charge < -0.3 is 10.0 Å². The molecule has 1 N–H and O–H groups in total. The van der Waals surface area contributed by atoms with Crippen LogP contribution in [0.15, 0.2) is 22.3 Å². The molecule has 0 amide bonds. The number of aliphatic hydroxyl groups is 1. The highest BCUT2D eigenvalue weighted by Gasteiger charge is 2.36. The Morgan fingerprint density at radius 3 is 3.13 bits per heavy atom. The van der Waals surface area contributed by atoms with Crippen LogP contribution in [-0.4, -0.2) is 34.5 Å². The van der Waals surface area contributed by atoms with Crippen LogP contribution in [0.1, 0.15) is 32.6 Å². The van der Waals surface area contributed by atoms with E-state index >= 15 is 0 Å². The summed E-state index contributed by atoms with van der Waals surface area (Å²) in [6, 6.07) is 0. The molecule has 15 heavy (non-hydrogen) atoms. The molecule has 0 radical (unpaired) electrons. The van der Waals surface area contributed by atoms with E-state index in [0.717, 1.165) is 25.7 Å². The van der Waals surface area contributed by atoms with Gasteiger partial charge in [-0.25, -0.2) is 9.98 Å². The van der Waals surface area contributed by atoms with Gasteiger partial charge in [0.1, 0.15) is 0 Å². The number of nitrogens with zero attached hydrogens (tertiary/aromatic N) is 3. The van der Waals surface area contributed by atoms with Crippen LogP contribution in [0.25, 0.3) is 0 Å². The van der Waals surface area contributed by atoms with Crippen LogP contribution >= 0.6 is 0 Å². The standard InChI is InChI=1S/C11H17N3O/c1-2-3-4-6-11(15)9-14-8-5-7-12-10(14)13-11/h5,7-8,15H,2-4,6,9H2,1H3. The lowest BCUT2D eigenvalue weighted by molar-refractivity contribution is 0.0398. The van der Waals surface area contributed by atoms with Gasteiger partial charge in [0.2, 0.25) is 5.96 Å². The lowest BCUT2D eigenvalue weighted by Gasteiger charge is -2.20. The summed E-state index contributed by atoms with van der Waals surface area (Å²) in [6.45, 7) is 2.70. The molecule has 0 saturated heterocycles. The SMILES string of the molecule is CCCCCC1(O)CN2C=CC=NC2=N1. The Bertz CT molecular complexity index is 322. The van der Waals surface area contributed by atoms with E-state index in [1.807, 2.05) is 17.2 Å². The predicted octanol–water partition coefficient (Wildman–Crippen LogP) is 1.52. The normalized spacial score (nSPS) is 28.1. The quantitative estimate of drug-likeness (QED) is 0.711. The van der Waals surface area contributed by atoms with Crippen LogP contribution in [0.2, 0.25) is 0 Å². The van der Waals surface area contributed by atoms with Crippen LogP contribution in [0.5, 0.6) is 0 Å². The summed E-state index contributed by atoms with van der Waals surface area (Å²) in [5, 5.41) is 10.2. The number of guanidine groups is 1. The van der Waals surface area contributed by atoms with E-state index < -0.39 is 5.72 Å². The molecule has 4 nitrogen and oxygen atoms in total. The fraction of sp³-hybridized carbons (Fsp3) is 0.636. The number of fused-ring (bicyclic) bond motifs is 1. The summed E-state index contributed by atoms with van der Waals surface area (Å²) in [5.41, 5.74) is -0.920. The third-order valence-corrected chi connectivity index (χ3v) is 2.71. The largest absolute Gasteiger partial charge is 0.367 e. The molecule has 0 spiro atoms. The second-order valence-corrected chi connectivity index (χ2v) is 4.10. The summed E-state index contributed by atoms with van der Waals surface area (Å²) in [6.07, 6.45) is 9.52. The molecule has 0 aromatic heterocycles. The minimum Gasteiger partial charge on any atom is -0.367 e. The Labute approximate surface area is 90.0 Å². The average Bonchev–Trinajstić information content (AvgIpc) is 2.54. The topological polar surface area (TPSA) is 48.2 Å². The molecule has 0 aromatic carbocycles. The van der Waals surface area contributed by atoms with E-state index in [4.69, 9.17) is 0 Å². The first-order chi connectivity index (χ1) is 7.23. The molecule has 2 aliphatic heterocycles. The summed E-state index contributed by atoms with van der Waals surface area (Å²) in [7, 11) is 0. The lowest BCUT2D eigenvalue weighted by Crippen LogP contribution is -2.33. The second kappa shape index (κ2) is 4.14. The first kappa shape index (κ1) is 10.4. The summed E-state index contributed by atoms with van der Waals surface area (Å²) >= 11 is 0. The van der Waals surface area contributed by atoms with Crippen molar-refractivity contribution >= 4 is 12.2 Å². The summed E-state index contributed by atoms with van der Waals surface area (Å²) < 4.78 is 0. The number of hydrogen-bond acceptors (Lipinski definition) is 4. The molecule has 0 bridgehead atoms. The maximum atomic E-state index is 10.2. The molecule has 2 rings (SSSR count). The zero-order chi connectivity index (χ0) is 10.7. The van der Waals surface area contributed by atoms with Crippen LogP contribution in [0.4, 0.5) is 0 Å². The van der Waals surface area contributed by atoms with Crippen molar-refractivity contribution < 1.29 is 5.11 Å². The van der Waals surface area contributed by atoms with Gasteiger partial charge >= 0.3 is 0 Å². The van der Waals surface area contributed by atoms with Crippen molar-refractivity contribution in [3.05, 3.63) is 12.3 Å². The van der Waals surface area contributed by atoms with Crippen molar-refractivity contribution in [2.45, 2.75) is 38.3 Å². The molecule has 0 aromatic rings. The highest BCUT2D eigenvalue weighted by Crippen LogP contribution is 2.26. The highest BCUT2D eigenvalue weighted by molar-refractivity contribution is 5.95. The number of aliphatic imine (C=N–C) groups is 2. The van der Waals surface area contributed by atoms with E-state index in [1.165, 1.54) is 0 Å². The van der Waals surface area contributed by atoms with E-state index in [1.54, 1.807) is 6.21 Å². The van der Waals surface area contributed by atoms with E-state index in [9.17, 15) is 5.11 Å². The van der Waals surface area contributed by atoms with E-state index in [-0.39, 0.29) is 0 Å². The Morgan fingerprint density at radius 2 is 2.40 bits per heavy atom. The van der Waals surface area contributed by atoms with Gasteiger partial charge in [-0.2, -0.15) is 0 Å². The summed E-state index contributed by atoms with van der Waals surface area (Å²) in [5.74, 6) is 0.636. The van der Waals surface area contributed by atoms with Crippen molar-refractivity contribution in [3.63, 3.8) is 0 Å². The van der Waals surface area contributed by atoms with Gasteiger partial charge in [0.05, 0.1) is 6.54 Å². The van der Waals surface area contributed by atoms with Crippen molar-refractivity contribution in [3.8, 4) is 0 Å². The van der Waals surface area contributed by atoms with Crippen LogP contribution in [0.3, 0.4) is 0 Å². The molecule has 0 aliphatic carbocycles. The predicted molar refractivity (Wildman–Crippen MR) is 60.9 cm³/mol. The van der Waals surface area contributed by atoms with Crippen molar-refractivity contribution in [1.82, 2.24) is 4.90 Å². The monoisotopic (exact) mass is 207 g/mol. The van der Waals surface area contributed by atoms with E-state index in [0.29, 0.717) is 12.5 Å². The number of hydrogen-bond donors (Lipinski definition) is 1. The third-order valence-electron chi connectivity index (χ3n) is 2.71. The lowest BCUT2D eigenvalue weighted by atomic mass is 10.1. The highest BCUT2D eigenvalue weighted by atomic mass is 16.3. The number of rotatable bonds is 4. The molecule has 2 heterocycles. The Balaban J connectivity index is 1.97. The van der Waals surface area contributed by atoms with Gasteiger partial charge in [0.25, 0.3) is 0 Å². The smallest absolute Gasteiger partial charge is 0.227 e. The molecule has 82 valence electrons. The minimum atomic E-state index is -0.920. The maximum Gasteiger partial charge on any atom is 0.227 e. The van der Waals surface area contributed by atoms with Gasteiger partial charge in [-0.15, -0.1) is 0 Å². The number of allylic oxidation sites excluding steroid dienone is 1. The fourth-order valence-electron chi connectivity index (χ4n) is 1.90. The number of unbranched alkanes of at least 4 members (excludes halogenated alkanes) is 2. The van der Waals surface area contributed by atoms with Crippen molar-refractivity contribution in [2.75, 3.05) is 6.54 Å². The first-order valence-electron chi connectivity index (χ1n) is 5.53. The molecule has 4 heteroatoms. The Morgan fingerprint density at radius 1 is 1.53 bits per heavy atom. The van der Waals surface area contributed by atoms with Gasteiger partial charge in [-0.1, -0.05) is 19.8 Å². The van der Waals surface area contributed by atoms with Crippen molar-refractivity contribution in [1.29, 1.82) is 0 Å².